The molecule has 0 aromatic carbocycles. The average molecular weight is 284 g/mol. The predicted molar refractivity (Wildman–Crippen MR) is 80.6 cm³/mol. The van der Waals surface area contributed by atoms with Crippen LogP contribution in [0.4, 0.5) is 0 Å². The van der Waals surface area contributed by atoms with Crippen molar-refractivity contribution in [1.82, 2.24) is 15.1 Å². The summed E-state index contributed by atoms with van der Waals surface area (Å²) in [6.45, 7) is 9.85. The second kappa shape index (κ2) is 5.45. The largest absolute Gasteiger partial charge is 0.312 e. The van der Waals surface area contributed by atoms with Gasteiger partial charge in [-0.05, 0) is 65.3 Å². The van der Waals surface area contributed by atoms with E-state index in [4.69, 9.17) is 11.6 Å². The van der Waals surface area contributed by atoms with Gasteiger partial charge in [-0.1, -0.05) is 11.6 Å². The quantitative estimate of drug-likeness (QED) is 0.918. The summed E-state index contributed by atoms with van der Waals surface area (Å²) in [5.74, 6) is 1.55. The van der Waals surface area contributed by atoms with Crippen molar-refractivity contribution in [2.24, 2.45) is 18.9 Å². The van der Waals surface area contributed by atoms with Crippen LogP contribution in [0.2, 0.25) is 5.15 Å². The number of hydrogen-bond donors (Lipinski definition) is 1. The van der Waals surface area contributed by atoms with Gasteiger partial charge >= 0.3 is 0 Å². The summed E-state index contributed by atoms with van der Waals surface area (Å²) in [4.78, 5) is 0. The molecule has 1 aliphatic carbocycles. The zero-order valence-corrected chi connectivity index (χ0v) is 13.5. The van der Waals surface area contributed by atoms with E-state index in [1.54, 1.807) is 4.68 Å². The van der Waals surface area contributed by atoms with Crippen molar-refractivity contribution >= 4 is 11.6 Å². The molecule has 1 fully saturated rings. The monoisotopic (exact) mass is 283 g/mol. The maximum absolute atomic E-state index is 6.32. The lowest BCUT2D eigenvalue weighted by Gasteiger charge is -2.39. The van der Waals surface area contributed by atoms with Crippen LogP contribution in [0.25, 0.3) is 0 Å². The lowest BCUT2D eigenvalue weighted by Crippen LogP contribution is -2.44. The molecule has 0 spiro atoms. The highest BCUT2D eigenvalue weighted by atomic mass is 35.5. The van der Waals surface area contributed by atoms with Crippen molar-refractivity contribution in [3.63, 3.8) is 0 Å². The van der Waals surface area contributed by atoms with E-state index in [0.29, 0.717) is 0 Å². The van der Waals surface area contributed by atoms with E-state index >= 15 is 0 Å². The van der Waals surface area contributed by atoms with Crippen LogP contribution in [0.1, 0.15) is 44.9 Å². The molecule has 1 saturated carbocycles. The van der Waals surface area contributed by atoms with Gasteiger partial charge < -0.3 is 5.32 Å². The Bertz CT molecular complexity index is 445. The number of halogens is 1. The Kier molecular flexibility index (Phi) is 4.26. The zero-order chi connectivity index (χ0) is 14.2. The van der Waals surface area contributed by atoms with Crippen LogP contribution in [-0.4, -0.2) is 21.9 Å². The first kappa shape index (κ1) is 14.9. The van der Waals surface area contributed by atoms with Crippen LogP contribution in [0.5, 0.6) is 0 Å². The number of hydrogen-bond acceptors (Lipinski definition) is 2. The summed E-state index contributed by atoms with van der Waals surface area (Å²) in [5.41, 5.74) is 2.54. The maximum atomic E-state index is 6.32. The third-order valence-electron chi connectivity index (χ3n) is 4.21. The van der Waals surface area contributed by atoms with Crippen molar-refractivity contribution in [2.75, 3.05) is 6.54 Å². The number of nitrogens with one attached hydrogen (secondary N) is 1. The van der Waals surface area contributed by atoms with E-state index in [9.17, 15) is 0 Å². The molecule has 1 aromatic heterocycles. The van der Waals surface area contributed by atoms with Gasteiger partial charge in [-0.15, -0.1) is 0 Å². The Morgan fingerprint density at radius 3 is 2.37 bits per heavy atom. The molecular weight excluding hydrogens is 258 g/mol. The first-order valence-electron chi connectivity index (χ1n) is 7.21. The van der Waals surface area contributed by atoms with Crippen molar-refractivity contribution in [1.29, 1.82) is 0 Å². The van der Waals surface area contributed by atoms with Gasteiger partial charge in [-0.2, -0.15) is 5.10 Å². The molecular formula is C15H26ClN3. The van der Waals surface area contributed by atoms with E-state index in [2.05, 4.69) is 38.1 Å². The van der Waals surface area contributed by atoms with Crippen molar-refractivity contribution in [2.45, 2.75) is 52.5 Å². The average Bonchev–Trinajstić information content (AvgIpc) is 2.48. The van der Waals surface area contributed by atoms with Gasteiger partial charge in [0.15, 0.2) is 0 Å². The molecule has 0 aliphatic heterocycles. The molecule has 1 aromatic rings. The molecule has 4 heteroatoms. The van der Waals surface area contributed by atoms with Crippen LogP contribution in [-0.2, 0) is 13.5 Å². The topological polar surface area (TPSA) is 29.9 Å². The molecule has 19 heavy (non-hydrogen) atoms. The Labute approximate surface area is 121 Å². The molecule has 0 bridgehead atoms. The summed E-state index contributed by atoms with van der Waals surface area (Å²) in [5, 5.41) is 8.83. The smallest absolute Gasteiger partial charge is 0.130 e. The van der Waals surface area contributed by atoms with Crippen LogP contribution >= 0.6 is 11.6 Å². The number of aryl methyl sites for hydroxylation is 2. The number of nitrogens with zero attached hydrogens (tertiary/aromatic N) is 2. The van der Waals surface area contributed by atoms with Crippen LogP contribution in [0.3, 0.4) is 0 Å². The number of aromatic nitrogens is 2. The normalized spacial score (nSPS) is 23.5. The molecule has 0 amide bonds. The van der Waals surface area contributed by atoms with Gasteiger partial charge in [-0.3, -0.25) is 4.68 Å². The van der Waals surface area contributed by atoms with Gasteiger partial charge in [-0.25, -0.2) is 0 Å². The Morgan fingerprint density at radius 1 is 1.32 bits per heavy atom. The molecule has 3 nitrogen and oxygen atoms in total. The summed E-state index contributed by atoms with van der Waals surface area (Å²) >= 11 is 6.32. The van der Waals surface area contributed by atoms with Crippen molar-refractivity contribution in [3.8, 4) is 0 Å². The van der Waals surface area contributed by atoms with E-state index in [1.807, 2.05) is 7.05 Å². The summed E-state index contributed by atoms with van der Waals surface area (Å²) in [7, 11) is 1.91. The van der Waals surface area contributed by atoms with E-state index in [0.717, 1.165) is 35.6 Å². The predicted octanol–water partition coefficient (Wildman–Crippen LogP) is 3.34. The molecule has 1 aliphatic rings. The minimum absolute atomic E-state index is 0.210. The van der Waals surface area contributed by atoms with Crippen LogP contribution in [0, 0.1) is 18.8 Å². The minimum atomic E-state index is 0.210. The Hall–Kier alpha value is -0.540. The summed E-state index contributed by atoms with van der Waals surface area (Å²) in [6, 6.07) is 0. The maximum Gasteiger partial charge on any atom is 0.130 e. The van der Waals surface area contributed by atoms with Gasteiger partial charge in [0.25, 0.3) is 0 Å². The van der Waals surface area contributed by atoms with Gasteiger partial charge in [0.2, 0.25) is 0 Å². The first-order valence-corrected chi connectivity index (χ1v) is 7.58. The van der Waals surface area contributed by atoms with Crippen molar-refractivity contribution < 1.29 is 0 Å². The summed E-state index contributed by atoms with van der Waals surface area (Å²) in [6.07, 6.45) is 3.74. The lowest BCUT2D eigenvalue weighted by molar-refractivity contribution is 0.159. The van der Waals surface area contributed by atoms with Gasteiger partial charge in [0.1, 0.15) is 5.15 Å². The highest BCUT2D eigenvalue weighted by molar-refractivity contribution is 6.30. The van der Waals surface area contributed by atoms with E-state index < -0.39 is 0 Å². The molecule has 2 unspecified atom stereocenters. The second-order valence-electron chi connectivity index (χ2n) is 6.91. The molecule has 108 valence electrons. The molecule has 2 atom stereocenters. The fourth-order valence-corrected chi connectivity index (χ4v) is 3.03. The van der Waals surface area contributed by atoms with Gasteiger partial charge in [0.05, 0.1) is 5.69 Å². The van der Waals surface area contributed by atoms with E-state index in [1.165, 1.54) is 18.4 Å². The summed E-state index contributed by atoms with van der Waals surface area (Å²) < 4.78 is 1.79. The zero-order valence-electron chi connectivity index (χ0n) is 12.8. The second-order valence-corrected chi connectivity index (χ2v) is 7.27. The standard InChI is InChI=1S/C15H26ClN3/c1-10-13(14(16)19(5)18-10)8-11-6-7-12(11)9-17-15(2,3)4/h11-12,17H,6-9H2,1-5H3. The molecule has 1 N–H and O–H groups in total. The molecule has 0 saturated heterocycles. The van der Waals surface area contributed by atoms with Crippen LogP contribution in [0.15, 0.2) is 0 Å². The van der Waals surface area contributed by atoms with Crippen LogP contribution < -0.4 is 5.32 Å². The third kappa shape index (κ3) is 3.51. The SMILES string of the molecule is Cc1nn(C)c(Cl)c1CC1CCC1CNC(C)(C)C. The minimum Gasteiger partial charge on any atom is -0.312 e. The van der Waals surface area contributed by atoms with Gasteiger partial charge in [0, 0.05) is 18.2 Å². The molecule has 0 radical (unpaired) electrons. The fourth-order valence-electron chi connectivity index (χ4n) is 2.78. The first-order chi connectivity index (χ1) is 8.78. The molecule has 1 heterocycles. The third-order valence-corrected chi connectivity index (χ3v) is 4.68. The fraction of sp³-hybridized carbons (Fsp3) is 0.800. The molecule has 2 rings (SSSR count). The van der Waals surface area contributed by atoms with Crippen molar-refractivity contribution in [3.05, 3.63) is 16.4 Å². The number of rotatable bonds is 4. The Balaban J connectivity index is 1.93. The lowest BCUT2D eigenvalue weighted by atomic mass is 9.70. The Morgan fingerprint density at radius 2 is 1.95 bits per heavy atom. The highest BCUT2D eigenvalue weighted by Crippen LogP contribution is 2.38. The highest BCUT2D eigenvalue weighted by Gasteiger charge is 2.32. The van der Waals surface area contributed by atoms with E-state index in [-0.39, 0.29) is 5.54 Å².